The van der Waals surface area contributed by atoms with Gasteiger partial charge in [-0.05, 0) is 0 Å². The maximum absolute atomic E-state index is 10.7. The summed E-state index contributed by atoms with van der Waals surface area (Å²) in [5, 5.41) is 9.52. The van der Waals surface area contributed by atoms with Crippen molar-refractivity contribution in [1.29, 1.82) is 0 Å². The molecule has 1 fully saturated rings. The van der Waals surface area contributed by atoms with Gasteiger partial charge in [0, 0.05) is 0 Å². The van der Waals surface area contributed by atoms with Gasteiger partial charge in [0.15, 0.2) is 0 Å². The molecule has 5 heteroatoms. The highest BCUT2D eigenvalue weighted by Gasteiger charge is 2.40. The number of aliphatic hydroxyl groups is 1. The first-order valence-electron chi connectivity index (χ1n) is 3.50. The third kappa shape index (κ3) is 1.94. The number of carbonyl (C=O) groups excluding carboxylic acids is 2. The Balaban J connectivity index is 2.50. The zero-order chi connectivity index (χ0) is 9.19. The molecule has 1 rings (SSSR count). The topological polar surface area (TPSA) is 72.8 Å². The molecule has 0 aromatic heterocycles. The lowest BCUT2D eigenvalue weighted by molar-refractivity contribution is -0.146. The number of cyclic esters (lactones) is 1. The summed E-state index contributed by atoms with van der Waals surface area (Å²) in [6.07, 6.45) is -0.336. The molecule has 68 valence electrons. The predicted molar refractivity (Wildman–Crippen MR) is 37.2 cm³/mol. The second-order valence-corrected chi connectivity index (χ2v) is 2.81. The zero-order valence-electron chi connectivity index (χ0n) is 6.70. The minimum atomic E-state index is -1.36. The number of carbonyl (C=O) groups is 2. The monoisotopic (exact) mass is 174 g/mol. The molecule has 0 radical (unpaired) electrons. The Morgan fingerprint density at radius 2 is 2.50 bits per heavy atom. The third-order valence-corrected chi connectivity index (χ3v) is 1.68. The van der Waals surface area contributed by atoms with Crippen LogP contribution in [0.25, 0.3) is 0 Å². The van der Waals surface area contributed by atoms with Crippen molar-refractivity contribution in [2.45, 2.75) is 18.4 Å². The maximum atomic E-state index is 10.7. The highest BCUT2D eigenvalue weighted by Crippen LogP contribution is 2.23. The summed E-state index contributed by atoms with van der Waals surface area (Å²) in [5.41, 5.74) is -1.36. The van der Waals surface area contributed by atoms with Crippen molar-refractivity contribution in [3.8, 4) is 0 Å². The number of rotatable bonds is 2. The number of hydrogen-bond acceptors (Lipinski definition) is 5. The van der Waals surface area contributed by atoms with Gasteiger partial charge in [-0.15, -0.1) is 0 Å². The van der Waals surface area contributed by atoms with Crippen molar-refractivity contribution in [2.24, 2.45) is 0 Å². The van der Waals surface area contributed by atoms with Crippen molar-refractivity contribution in [3.63, 3.8) is 0 Å². The van der Waals surface area contributed by atoms with Crippen LogP contribution < -0.4 is 0 Å². The van der Waals surface area contributed by atoms with Crippen LogP contribution in [0.2, 0.25) is 0 Å². The van der Waals surface area contributed by atoms with Gasteiger partial charge in [-0.1, -0.05) is 0 Å². The molecule has 0 saturated carbocycles. The van der Waals surface area contributed by atoms with Gasteiger partial charge in [0.2, 0.25) is 0 Å². The van der Waals surface area contributed by atoms with E-state index >= 15 is 0 Å². The number of esters is 2. The predicted octanol–water partition coefficient (Wildman–Crippen LogP) is -0.773. The Kier molecular flexibility index (Phi) is 2.32. The highest BCUT2D eigenvalue weighted by molar-refractivity contribution is 5.77. The smallest absolute Gasteiger partial charge is 0.308 e. The van der Waals surface area contributed by atoms with Gasteiger partial charge in [0.1, 0.15) is 12.2 Å². The van der Waals surface area contributed by atoms with Gasteiger partial charge in [-0.2, -0.15) is 0 Å². The molecule has 0 bridgehead atoms. The lowest BCUT2D eigenvalue weighted by Gasteiger charge is -2.15. The third-order valence-electron chi connectivity index (χ3n) is 1.68. The summed E-state index contributed by atoms with van der Waals surface area (Å²) < 4.78 is 8.86. The van der Waals surface area contributed by atoms with Crippen LogP contribution in [-0.2, 0) is 19.1 Å². The maximum Gasteiger partial charge on any atom is 0.308 e. The van der Waals surface area contributed by atoms with E-state index in [1.165, 1.54) is 7.11 Å². The molecular weight excluding hydrogens is 164 g/mol. The fourth-order valence-electron chi connectivity index (χ4n) is 1.04. The van der Waals surface area contributed by atoms with E-state index in [2.05, 4.69) is 9.47 Å². The molecule has 5 nitrogen and oxygen atoms in total. The van der Waals surface area contributed by atoms with Crippen LogP contribution in [0, 0.1) is 0 Å². The molecule has 0 unspecified atom stereocenters. The Hall–Kier alpha value is -1.10. The summed E-state index contributed by atoms with van der Waals surface area (Å²) in [6.45, 7) is -0.124. The molecule has 1 aliphatic heterocycles. The fraction of sp³-hybridized carbons (Fsp3) is 0.714. The van der Waals surface area contributed by atoms with Crippen LogP contribution in [-0.4, -0.2) is 36.4 Å². The van der Waals surface area contributed by atoms with E-state index in [1.54, 1.807) is 0 Å². The van der Waals surface area contributed by atoms with Crippen molar-refractivity contribution in [3.05, 3.63) is 0 Å². The van der Waals surface area contributed by atoms with Gasteiger partial charge in [0.05, 0.1) is 20.0 Å². The van der Waals surface area contributed by atoms with Crippen LogP contribution >= 0.6 is 0 Å². The van der Waals surface area contributed by atoms with Crippen LogP contribution in [0.3, 0.4) is 0 Å². The lowest BCUT2D eigenvalue weighted by Crippen LogP contribution is -2.32. The van der Waals surface area contributed by atoms with Gasteiger partial charge in [-0.25, -0.2) is 0 Å². The van der Waals surface area contributed by atoms with Crippen molar-refractivity contribution in [1.82, 2.24) is 0 Å². The molecular formula is C7H10O5. The molecule has 1 aliphatic rings. The molecule has 0 aliphatic carbocycles. The van der Waals surface area contributed by atoms with Crippen LogP contribution in [0.1, 0.15) is 12.8 Å². The molecule has 1 N–H and O–H groups in total. The summed E-state index contributed by atoms with van der Waals surface area (Å²) in [6, 6.07) is 0. The van der Waals surface area contributed by atoms with Crippen LogP contribution in [0.4, 0.5) is 0 Å². The van der Waals surface area contributed by atoms with Crippen molar-refractivity contribution < 1.29 is 24.2 Å². The second kappa shape index (κ2) is 3.10. The average Bonchev–Trinajstić information content (AvgIpc) is 2.30. The van der Waals surface area contributed by atoms with Crippen LogP contribution in [0.15, 0.2) is 0 Å². The first-order chi connectivity index (χ1) is 5.56. The van der Waals surface area contributed by atoms with E-state index < -0.39 is 17.5 Å². The van der Waals surface area contributed by atoms with E-state index in [4.69, 9.17) is 0 Å². The zero-order valence-corrected chi connectivity index (χ0v) is 6.70. The quantitative estimate of drug-likeness (QED) is 0.556. The average molecular weight is 174 g/mol. The summed E-state index contributed by atoms with van der Waals surface area (Å²) >= 11 is 0. The molecule has 0 amide bonds. The minimum absolute atomic E-state index is 0.124. The molecule has 1 heterocycles. The van der Waals surface area contributed by atoms with Gasteiger partial charge in [0.25, 0.3) is 0 Å². The number of hydrogen-bond donors (Lipinski definition) is 1. The largest absolute Gasteiger partial charge is 0.469 e. The van der Waals surface area contributed by atoms with Gasteiger partial charge in [-0.3, -0.25) is 9.59 Å². The first-order valence-corrected chi connectivity index (χ1v) is 3.50. The Morgan fingerprint density at radius 1 is 1.83 bits per heavy atom. The lowest BCUT2D eigenvalue weighted by atomic mass is 9.99. The summed E-state index contributed by atoms with van der Waals surface area (Å²) in [4.78, 5) is 21.3. The normalized spacial score (nSPS) is 28.3. The minimum Gasteiger partial charge on any atom is -0.469 e. The van der Waals surface area contributed by atoms with E-state index in [1.807, 2.05) is 0 Å². The van der Waals surface area contributed by atoms with Crippen LogP contribution in [0.5, 0.6) is 0 Å². The van der Waals surface area contributed by atoms with E-state index in [0.717, 1.165) is 0 Å². The standard InChI is InChI=1S/C7H10O5/c1-11-5(8)2-7(10)3-6(9)12-4-7/h10H,2-4H2,1H3/t7-/m0/s1. The fourth-order valence-corrected chi connectivity index (χ4v) is 1.04. The van der Waals surface area contributed by atoms with Gasteiger partial charge >= 0.3 is 11.9 Å². The first kappa shape index (κ1) is 8.99. The van der Waals surface area contributed by atoms with Crippen molar-refractivity contribution >= 4 is 11.9 Å². The molecule has 0 aromatic carbocycles. The molecule has 12 heavy (non-hydrogen) atoms. The Labute approximate surface area is 69.3 Å². The number of methoxy groups -OCH3 is 1. The molecule has 0 aromatic rings. The SMILES string of the molecule is COC(=O)C[C@@]1(O)COC(=O)C1. The van der Waals surface area contributed by atoms with Gasteiger partial charge < -0.3 is 14.6 Å². The van der Waals surface area contributed by atoms with E-state index in [-0.39, 0.29) is 19.4 Å². The summed E-state index contributed by atoms with van der Waals surface area (Å²) in [7, 11) is 1.23. The highest BCUT2D eigenvalue weighted by atomic mass is 16.6. The van der Waals surface area contributed by atoms with E-state index in [0.29, 0.717) is 0 Å². The molecule has 1 saturated heterocycles. The Morgan fingerprint density at radius 3 is 2.92 bits per heavy atom. The number of ether oxygens (including phenoxy) is 2. The summed E-state index contributed by atoms with van der Waals surface area (Å²) in [5.74, 6) is -1.03. The van der Waals surface area contributed by atoms with Crippen molar-refractivity contribution in [2.75, 3.05) is 13.7 Å². The second-order valence-electron chi connectivity index (χ2n) is 2.81. The van der Waals surface area contributed by atoms with E-state index in [9.17, 15) is 14.7 Å². The Bertz CT molecular complexity index is 212. The molecule has 1 atom stereocenters. The molecule has 0 spiro atoms.